The molecule has 1 atom stereocenters. The van der Waals surface area contributed by atoms with Crippen molar-refractivity contribution >= 4 is 26.2 Å². The number of hydrogen-bond acceptors (Lipinski definition) is 8. The summed E-state index contributed by atoms with van der Waals surface area (Å²) in [5.41, 5.74) is 1.19. The van der Waals surface area contributed by atoms with Crippen molar-refractivity contribution in [2.75, 3.05) is 13.2 Å². The van der Waals surface area contributed by atoms with E-state index in [1.54, 1.807) is 67.6 Å². The molecule has 1 unspecified atom stereocenters. The van der Waals surface area contributed by atoms with E-state index in [9.17, 15) is 21.6 Å². The van der Waals surface area contributed by atoms with Crippen LogP contribution >= 0.6 is 0 Å². The quantitative estimate of drug-likeness (QED) is 0.189. The maximum atomic E-state index is 12.6. The highest BCUT2D eigenvalue weighted by Gasteiger charge is 2.22. The topological polar surface area (TPSA) is 113 Å². The molecule has 2 aromatic rings. The Morgan fingerprint density at radius 2 is 1.35 bits per heavy atom. The molecule has 2 aromatic carbocycles. The lowest BCUT2D eigenvalue weighted by Crippen LogP contribution is -2.23. The summed E-state index contributed by atoms with van der Waals surface area (Å²) in [4.78, 5) is 11.5. The van der Waals surface area contributed by atoms with Crippen LogP contribution in [0.1, 0.15) is 50.2 Å². The average molecular weight is 513 g/mol. The Morgan fingerprint density at radius 3 is 1.91 bits per heavy atom. The molecule has 0 saturated carbocycles. The largest absolute Gasteiger partial charge is 0.466 e. The number of carbonyl (C=O) groups is 1. The first kappa shape index (κ1) is 28.0. The van der Waals surface area contributed by atoms with Crippen molar-refractivity contribution in [3.05, 3.63) is 71.8 Å². The molecule has 0 saturated heterocycles. The molecule has 0 amide bonds. The Hall–Kier alpha value is -2.27. The highest BCUT2D eigenvalue weighted by Crippen LogP contribution is 2.18. The standard InChI is InChI=1S/C24H32O8S2/c1-2-30-24(25)16-10-9-15-23(32-34(28,29)20-22-13-7-4-8-14-22)17-18-31-33(26,27)19-21-11-5-3-6-12-21/h3-8,11-14,23H,2,9-10,15-20H2,1H3. The van der Waals surface area contributed by atoms with E-state index < -0.39 is 26.3 Å². The van der Waals surface area contributed by atoms with Gasteiger partial charge in [-0.15, -0.1) is 0 Å². The summed E-state index contributed by atoms with van der Waals surface area (Å²) in [6.07, 6.45) is 0.866. The van der Waals surface area contributed by atoms with Crippen LogP contribution in [0, 0.1) is 0 Å². The molecule has 34 heavy (non-hydrogen) atoms. The summed E-state index contributed by atoms with van der Waals surface area (Å²) in [5.74, 6) is -0.877. The number of unbranched alkanes of at least 4 members (excludes halogenated alkanes) is 1. The van der Waals surface area contributed by atoms with Crippen LogP contribution in [-0.4, -0.2) is 42.1 Å². The summed E-state index contributed by atoms with van der Waals surface area (Å²) in [5, 5.41) is 0. The van der Waals surface area contributed by atoms with Gasteiger partial charge in [-0.25, -0.2) is 0 Å². The van der Waals surface area contributed by atoms with Gasteiger partial charge in [0.15, 0.2) is 0 Å². The molecule has 0 aliphatic rings. The zero-order valence-electron chi connectivity index (χ0n) is 19.3. The van der Waals surface area contributed by atoms with Crippen molar-refractivity contribution in [3.63, 3.8) is 0 Å². The van der Waals surface area contributed by atoms with E-state index in [0.717, 1.165) is 0 Å². The highest BCUT2D eigenvalue weighted by atomic mass is 32.2. The molecule has 0 radical (unpaired) electrons. The summed E-state index contributed by atoms with van der Waals surface area (Å²) in [6, 6.07) is 17.3. The Labute approximate surface area is 202 Å². The number of hydrogen-bond donors (Lipinski definition) is 0. The second kappa shape index (κ2) is 14.2. The van der Waals surface area contributed by atoms with Crippen molar-refractivity contribution in [3.8, 4) is 0 Å². The van der Waals surface area contributed by atoms with E-state index in [1.165, 1.54) is 0 Å². The van der Waals surface area contributed by atoms with E-state index in [4.69, 9.17) is 13.1 Å². The first-order valence-corrected chi connectivity index (χ1v) is 14.4. The van der Waals surface area contributed by atoms with Gasteiger partial charge in [0.05, 0.1) is 19.3 Å². The smallest absolute Gasteiger partial charge is 0.305 e. The molecule has 0 bridgehead atoms. The predicted octanol–water partition coefficient (Wildman–Crippen LogP) is 3.96. The van der Waals surface area contributed by atoms with Crippen LogP contribution in [0.3, 0.4) is 0 Å². The van der Waals surface area contributed by atoms with Crippen molar-refractivity contribution in [1.29, 1.82) is 0 Å². The monoisotopic (exact) mass is 512 g/mol. The Balaban J connectivity index is 1.93. The number of benzene rings is 2. The molecule has 10 heteroatoms. The Kier molecular flexibility index (Phi) is 11.7. The molecule has 0 heterocycles. The Morgan fingerprint density at radius 1 is 0.794 bits per heavy atom. The van der Waals surface area contributed by atoms with E-state index >= 15 is 0 Å². The maximum absolute atomic E-state index is 12.6. The molecule has 8 nitrogen and oxygen atoms in total. The fraction of sp³-hybridized carbons (Fsp3) is 0.458. The number of ether oxygens (including phenoxy) is 1. The molecule has 0 aliphatic heterocycles. The fourth-order valence-electron chi connectivity index (χ4n) is 3.26. The van der Waals surface area contributed by atoms with Gasteiger partial charge in [-0.3, -0.25) is 13.2 Å². The molecular weight excluding hydrogens is 480 g/mol. The summed E-state index contributed by atoms with van der Waals surface area (Å²) in [7, 11) is -7.74. The minimum Gasteiger partial charge on any atom is -0.466 e. The molecule has 0 aliphatic carbocycles. The normalized spacial score (nSPS) is 12.9. The van der Waals surface area contributed by atoms with Crippen LogP contribution in [0.4, 0.5) is 0 Å². The van der Waals surface area contributed by atoms with E-state index in [0.29, 0.717) is 37.0 Å². The summed E-state index contributed by atoms with van der Waals surface area (Å²) >= 11 is 0. The highest BCUT2D eigenvalue weighted by molar-refractivity contribution is 7.86. The van der Waals surface area contributed by atoms with Gasteiger partial charge >= 0.3 is 5.97 Å². The lowest BCUT2D eigenvalue weighted by atomic mass is 10.1. The minimum atomic E-state index is -3.91. The van der Waals surface area contributed by atoms with Gasteiger partial charge in [0.2, 0.25) is 0 Å². The van der Waals surface area contributed by atoms with Gasteiger partial charge in [-0.1, -0.05) is 67.1 Å². The summed E-state index contributed by atoms with van der Waals surface area (Å²) in [6.45, 7) is 1.82. The molecule has 0 N–H and O–H groups in total. The molecule has 0 fully saturated rings. The second-order valence-electron chi connectivity index (χ2n) is 7.75. The van der Waals surface area contributed by atoms with E-state index in [2.05, 4.69) is 0 Å². The van der Waals surface area contributed by atoms with Crippen molar-refractivity contribution < 1.29 is 34.7 Å². The number of esters is 1. The van der Waals surface area contributed by atoms with Crippen molar-refractivity contribution in [2.45, 2.75) is 56.6 Å². The lowest BCUT2D eigenvalue weighted by molar-refractivity contribution is -0.143. The zero-order chi connectivity index (χ0) is 24.9. The molecule has 2 rings (SSSR count). The van der Waals surface area contributed by atoms with Crippen LogP contribution in [0.2, 0.25) is 0 Å². The maximum Gasteiger partial charge on any atom is 0.305 e. The van der Waals surface area contributed by atoms with Crippen LogP contribution in [0.25, 0.3) is 0 Å². The molecule has 0 aromatic heterocycles. The summed E-state index contributed by atoms with van der Waals surface area (Å²) < 4.78 is 65.1. The zero-order valence-corrected chi connectivity index (χ0v) is 20.9. The van der Waals surface area contributed by atoms with Gasteiger partial charge in [-0.05, 0) is 37.3 Å². The molecule has 188 valence electrons. The van der Waals surface area contributed by atoms with Crippen LogP contribution < -0.4 is 0 Å². The predicted molar refractivity (Wildman–Crippen MR) is 129 cm³/mol. The minimum absolute atomic E-state index is 0.0709. The van der Waals surface area contributed by atoms with Gasteiger partial charge in [0.25, 0.3) is 20.2 Å². The van der Waals surface area contributed by atoms with Gasteiger partial charge in [-0.2, -0.15) is 16.8 Å². The third-order valence-electron chi connectivity index (χ3n) is 4.82. The van der Waals surface area contributed by atoms with Gasteiger partial charge in [0, 0.05) is 6.42 Å². The van der Waals surface area contributed by atoms with E-state index in [1.807, 2.05) is 0 Å². The van der Waals surface area contributed by atoms with Crippen LogP contribution in [0.15, 0.2) is 60.7 Å². The van der Waals surface area contributed by atoms with E-state index in [-0.39, 0.29) is 36.9 Å². The number of carbonyl (C=O) groups excluding carboxylic acids is 1. The molecular formula is C24H32O8S2. The van der Waals surface area contributed by atoms with Crippen molar-refractivity contribution in [2.24, 2.45) is 0 Å². The SMILES string of the molecule is CCOC(=O)CCCCC(CCOS(=O)(=O)Cc1ccccc1)OS(=O)(=O)Cc1ccccc1. The van der Waals surface area contributed by atoms with Gasteiger partial charge in [0.1, 0.15) is 11.5 Å². The van der Waals surface area contributed by atoms with Crippen molar-refractivity contribution in [1.82, 2.24) is 0 Å². The Bertz CT molecular complexity index is 1070. The first-order chi connectivity index (χ1) is 16.2. The first-order valence-electron chi connectivity index (χ1n) is 11.2. The van der Waals surface area contributed by atoms with Gasteiger partial charge < -0.3 is 4.74 Å². The lowest BCUT2D eigenvalue weighted by Gasteiger charge is -2.18. The third kappa shape index (κ3) is 11.7. The number of rotatable bonds is 16. The average Bonchev–Trinajstić information content (AvgIpc) is 2.77. The third-order valence-corrected chi connectivity index (χ3v) is 7.29. The van der Waals surface area contributed by atoms with Crippen LogP contribution in [-0.2, 0) is 49.6 Å². The molecule has 0 spiro atoms. The van der Waals surface area contributed by atoms with Crippen LogP contribution in [0.5, 0.6) is 0 Å². The second-order valence-corrected chi connectivity index (χ2v) is 11.0. The fourth-order valence-corrected chi connectivity index (χ4v) is 5.57.